The topological polar surface area (TPSA) is 156 Å². The van der Waals surface area contributed by atoms with Gasteiger partial charge in [-0.25, -0.2) is 9.13 Å². The molecule has 0 aromatic rings. The Morgan fingerprint density at radius 3 is 0.643 bits per heavy atom. The molecule has 0 radical (unpaired) electrons. The molecular formula is H15AlMg3O8P2. The van der Waals surface area contributed by atoms with Crippen LogP contribution in [-0.4, -0.2) is 116 Å². The van der Waals surface area contributed by atoms with Crippen LogP contribution in [-0.2, 0) is 9.13 Å². The molecule has 8 nitrogen and oxygen atoms in total. The number of phosphoric acid groups is 2. The molecule has 0 saturated carbocycles. The molecule has 0 atom stereocenters. The molecule has 0 aromatic carbocycles. The Labute approximate surface area is 148 Å². The Hall–Kier alpha value is 3.05. The van der Waals surface area contributed by atoms with E-state index in [1.807, 2.05) is 0 Å². The molecule has 0 bridgehead atoms. The molecule has 0 rings (SSSR count). The van der Waals surface area contributed by atoms with Crippen LogP contribution in [0.15, 0.2) is 0 Å². The number of rotatable bonds is 0. The molecule has 0 amide bonds. The SMILES string of the molecule is O=P(O)(O)O.O=P(O)(O)O.[AlH3].[H-].[H-].[H-].[H-].[H-].[H-].[Mg+2].[Mg+2].[Mg+2]. The molecule has 0 spiro atoms. The average molecular weight is 305 g/mol. The largest absolute Gasteiger partial charge is 2.00 e. The first-order valence-corrected chi connectivity index (χ1v) is 4.70. The van der Waals surface area contributed by atoms with Gasteiger partial charge in [-0.15, -0.1) is 0 Å². The Kier molecular flexibility index (Phi) is 41.2. The van der Waals surface area contributed by atoms with Crippen LogP contribution in [0.5, 0.6) is 0 Å². The molecule has 0 fully saturated rings. The van der Waals surface area contributed by atoms with Gasteiger partial charge in [0.1, 0.15) is 0 Å². The second-order valence-electron chi connectivity index (χ2n) is 1.03. The van der Waals surface area contributed by atoms with E-state index in [0.29, 0.717) is 0 Å². The van der Waals surface area contributed by atoms with E-state index in [2.05, 4.69) is 0 Å². The molecule has 0 aliphatic rings. The van der Waals surface area contributed by atoms with Crippen LogP contribution < -0.4 is 0 Å². The summed E-state index contributed by atoms with van der Waals surface area (Å²) in [7, 11) is -9.28. The summed E-state index contributed by atoms with van der Waals surface area (Å²) >= 11 is 0. The Bertz CT molecular complexity index is 153. The first kappa shape index (κ1) is 36.0. The molecule has 14 heavy (non-hydrogen) atoms. The molecule has 82 valence electrons. The summed E-state index contributed by atoms with van der Waals surface area (Å²) in [6.07, 6.45) is 0. The van der Waals surface area contributed by atoms with Crippen molar-refractivity contribution in [1.82, 2.24) is 0 Å². The zero-order chi connectivity index (χ0) is 9.00. The number of hydrogen-bond donors (Lipinski definition) is 6. The minimum atomic E-state index is -4.64. The van der Waals surface area contributed by atoms with E-state index in [0.717, 1.165) is 0 Å². The van der Waals surface area contributed by atoms with E-state index < -0.39 is 15.6 Å². The summed E-state index contributed by atoms with van der Waals surface area (Å²) in [5.74, 6) is 0. The van der Waals surface area contributed by atoms with Crippen molar-refractivity contribution >= 4 is 102 Å². The molecule has 0 unspecified atom stereocenters. The van der Waals surface area contributed by atoms with Crippen molar-refractivity contribution in [3.05, 3.63) is 0 Å². The van der Waals surface area contributed by atoms with E-state index in [1.54, 1.807) is 0 Å². The monoisotopic (exact) mass is 304 g/mol. The fourth-order valence-corrected chi connectivity index (χ4v) is 0. The van der Waals surface area contributed by atoms with Gasteiger partial charge in [0.15, 0.2) is 17.4 Å². The van der Waals surface area contributed by atoms with Crippen LogP contribution >= 0.6 is 15.6 Å². The average Bonchev–Trinajstić information content (AvgIpc) is 1.12. The van der Waals surface area contributed by atoms with Gasteiger partial charge in [-0.1, -0.05) is 0 Å². The van der Waals surface area contributed by atoms with Crippen molar-refractivity contribution in [2.75, 3.05) is 0 Å². The van der Waals surface area contributed by atoms with Gasteiger partial charge in [0.2, 0.25) is 0 Å². The van der Waals surface area contributed by atoms with Gasteiger partial charge >= 0.3 is 84.8 Å². The molecule has 14 heteroatoms. The normalized spacial score (nSPS) is 8.43. The summed E-state index contributed by atoms with van der Waals surface area (Å²) in [6.45, 7) is 0. The summed E-state index contributed by atoms with van der Waals surface area (Å²) in [4.78, 5) is 43.1. The van der Waals surface area contributed by atoms with Crippen LogP contribution in [0, 0.1) is 0 Å². The maximum absolute atomic E-state index is 8.88. The van der Waals surface area contributed by atoms with Crippen LogP contribution in [0.4, 0.5) is 0 Å². The van der Waals surface area contributed by atoms with E-state index in [9.17, 15) is 0 Å². The smallest absolute Gasteiger partial charge is 1.00 e. The van der Waals surface area contributed by atoms with Gasteiger partial charge < -0.3 is 37.9 Å². The molecule has 0 aliphatic heterocycles. The van der Waals surface area contributed by atoms with Gasteiger partial charge in [-0.3, -0.25) is 0 Å². The van der Waals surface area contributed by atoms with Crippen molar-refractivity contribution in [2.45, 2.75) is 0 Å². The van der Waals surface area contributed by atoms with Gasteiger partial charge in [-0.2, -0.15) is 0 Å². The summed E-state index contributed by atoms with van der Waals surface area (Å²) in [5.41, 5.74) is 0. The molecule has 6 N–H and O–H groups in total. The van der Waals surface area contributed by atoms with Crippen molar-refractivity contribution in [2.24, 2.45) is 0 Å². The Morgan fingerprint density at radius 1 is 0.643 bits per heavy atom. The van der Waals surface area contributed by atoms with Crippen LogP contribution in [0.2, 0.25) is 0 Å². The minimum absolute atomic E-state index is 0. The standard InChI is InChI=1S/Al.3Mg.2H3O4P.9H/c;;;;2*1-5(2,3)4;;;;;;;;;/h;;;;2*(H3,1,2,3,4);;;;;;;;;/q;3*+2;;;;;;6*-1. The van der Waals surface area contributed by atoms with E-state index in [1.165, 1.54) is 0 Å². The summed E-state index contributed by atoms with van der Waals surface area (Å²) in [5, 5.41) is 0. The van der Waals surface area contributed by atoms with Gasteiger partial charge in [0.25, 0.3) is 0 Å². The maximum Gasteiger partial charge on any atom is 2.00 e. The fourth-order valence-electron chi connectivity index (χ4n) is 0. The Balaban J connectivity index is -0.00000000427. The molecule has 0 aliphatic carbocycles. The van der Waals surface area contributed by atoms with Gasteiger partial charge in [-0.05, 0) is 0 Å². The van der Waals surface area contributed by atoms with E-state index >= 15 is 0 Å². The third-order valence-corrected chi connectivity index (χ3v) is 0. The molecule has 0 aromatic heterocycles. The summed E-state index contributed by atoms with van der Waals surface area (Å²) in [6, 6.07) is 0. The predicted molar refractivity (Wildman–Crippen MR) is 62.4 cm³/mol. The quantitative estimate of drug-likeness (QED) is 0.199. The zero-order valence-corrected chi connectivity index (χ0v) is 12.5. The molecular weight excluding hydrogens is 290 g/mol. The van der Waals surface area contributed by atoms with E-state index in [4.69, 9.17) is 38.5 Å². The van der Waals surface area contributed by atoms with Crippen LogP contribution in [0.1, 0.15) is 8.56 Å². The third kappa shape index (κ3) is 319. The second-order valence-corrected chi connectivity index (χ2v) is 3.08. The maximum atomic E-state index is 8.88. The minimum Gasteiger partial charge on any atom is -1.00 e. The van der Waals surface area contributed by atoms with Crippen molar-refractivity contribution < 1.29 is 47.1 Å². The first-order valence-electron chi connectivity index (χ1n) is 1.57. The second kappa shape index (κ2) is 16.1. The fraction of sp³-hybridized carbons (Fsp3) is 0. The third-order valence-electron chi connectivity index (χ3n) is 0. The summed E-state index contributed by atoms with van der Waals surface area (Å²) < 4.78 is 17.8. The van der Waals surface area contributed by atoms with Crippen molar-refractivity contribution in [3.63, 3.8) is 0 Å². The van der Waals surface area contributed by atoms with Crippen LogP contribution in [0.3, 0.4) is 0 Å². The Morgan fingerprint density at radius 2 is 0.643 bits per heavy atom. The van der Waals surface area contributed by atoms with E-state index in [-0.39, 0.29) is 95.1 Å². The predicted octanol–water partition coefficient (Wildman–Crippen LogP) is -3.51. The van der Waals surface area contributed by atoms with Crippen molar-refractivity contribution in [1.29, 1.82) is 0 Å². The molecule has 0 saturated heterocycles. The first-order chi connectivity index (χ1) is 4.00. The molecule has 0 heterocycles. The van der Waals surface area contributed by atoms with Crippen LogP contribution in [0.25, 0.3) is 0 Å². The zero-order valence-electron chi connectivity index (χ0n) is 12.5. The van der Waals surface area contributed by atoms with Gasteiger partial charge in [0.05, 0.1) is 0 Å². The number of hydrogen-bond acceptors (Lipinski definition) is 2. The van der Waals surface area contributed by atoms with Gasteiger partial charge in [0, 0.05) is 0 Å². The van der Waals surface area contributed by atoms with Crippen molar-refractivity contribution in [3.8, 4) is 0 Å².